The first-order valence-electron chi connectivity index (χ1n) is 3.49. The molecule has 1 aromatic heterocycles. The number of fused-ring (bicyclic) bond motifs is 1. The molecule has 1 N–H and O–H groups in total. The standard InChI is InChI=1S/C9H6O2S/c10-7-5-6-3-1-2-4-8(6)12-9(7)11/h1-5,10H. The van der Waals surface area contributed by atoms with Crippen LogP contribution >= 0.6 is 11.3 Å². The predicted octanol–water partition coefficient (Wildman–Crippen LogP) is 1.97. The Balaban J connectivity index is 2.93. The molecule has 12 heavy (non-hydrogen) atoms. The molecule has 0 aliphatic carbocycles. The molecule has 0 unspecified atom stereocenters. The van der Waals surface area contributed by atoms with E-state index in [4.69, 9.17) is 5.11 Å². The van der Waals surface area contributed by atoms with Gasteiger partial charge in [0, 0.05) is 4.70 Å². The molecule has 2 rings (SSSR count). The summed E-state index contributed by atoms with van der Waals surface area (Å²) in [5, 5.41) is 10.0. The highest BCUT2D eigenvalue weighted by molar-refractivity contribution is 7.16. The van der Waals surface area contributed by atoms with Gasteiger partial charge in [0.25, 0.3) is 4.74 Å². The van der Waals surface area contributed by atoms with Crippen LogP contribution in [0.1, 0.15) is 0 Å². The van der Waals surface area contributed by atoms with Crippen molar-refractivity contribution in [3.63, 3.8) is 0 Å². The second kappa shape index (κ2) is 2.60. The average Bonchev–Trinajstić information content (AvgIpc) is 2.07. The molecule has 0 saturated heterocycles. The Morgan fingerprint density at radius 3 is 2.83 bits per heavy atom. The van der Waals surface area contributed by atoms with Gasteiger partial charge < -0.3 is 5.11 Å². The van der Waals surface area contributed by atoms with Crippen molar-refractivity contribution in [1.29, 1.82) is 0 Å². The molecule has 0 radical (unpaired) electrons. The maximum absolute atomic E-state index is 11.0. The Kier molecular flexibility index (Phi) is 1.59. The summed E-state index contributed by atoms with van der Waals surface area (Å²) >= 11 is 1.06. The van der Waals surface area contributed by atoms with E-state index in [-0.39, 0.29) is 10.5 Å². The molecular weight excluding hydrogens is 172 g/mol. The van der Waals surface area contributed by atoms with Gasteiger partial charge in [-0.1, -0.05) is 29.5 Å². The third-order valence-electron chi connectivity index (χ3n) is 1.62. The van der Waals surface area contributed by atoms with Crippen LogP contribution < -0.4 is 4.74 Å². The molecule has 1 aromatic carbocycles. The molecule has 1 heterocycles. The summed E-state index contributed by atoms with van der Waals surface area (Å²) in [6.07, 6.45) is 0. The van der Waals surface area contributed by atoms with Crippen LogP contribution in [0.25, 0.3) is 10.1 Å². The topological polar surface area (TPSA) is 37.3 Å². The Hall–Kier alpha value is -1.35. The molecule has 0 aliphatic heterocycles. The zero-order valence-electron chi connectivity index (χ0n) is 6.15. The first-order chi connectivity index (χ1) is 5.77. The Morgan fingerprint density at radius 2 is 2.00 bits per heavy atom. The number of rotatable bonds is 0. The molecular formula is C9H6O2S. The smallest absolute Gasteiger partial charge is 0.274 e. The lowest BCUT2D eigenvalue weighted by Crippen LogP contribution is -1.91. The summed E-state index contributed by atoms with van der Waals surface area (Å²) in [6.45, 7) is 0. The van der Waals surface area contributed by atoms with E-state index in [1.165, 1.54) is 6.07 Å². The fourth-order valence-corrected chi connectivity index (χ4v) is 1.81. The van der Waals surface area contributed by atoms with Crippen molar-refractivity contribution in [2.24, 2.45) is 0 Å². The van der Waals surface area contributed by atoms with E-state index in [0.717, 1.165) is 21.4 Å². The van der Waals surface area contributed by atoms with E-state index >= 15 is 0 Å². The van der Waals surface area contributed by atoms with E-state index in [1.807, 2.05) is 24.3 Å². The molecule has 0 fully saturated rings. The summed E-state index contributed by atoms with van der Waals surface area (Å²) in [5.74, 6) is -0.168. The van der Waals surface area contributed by atoms with Crippen LogP contribution in [0.5, 0.6) is 5.75 Å². The maximum atomic E-state index is 11.0. The Bertz CT molecular complexity index is 473. The molecule has 60 valence electrons. The van der Waals surface area contributed by atoms with Gasteiger partial charge in [0.05, 0.1) is 0 Å². The van der Waals surface area contributed by atoms with Crippen LogP contribution in [0.4, 0.5) is 0 Å². The molecule has 0 saturated carbocycles. The minimum Gasteiger partial charge on any atom is -0.504 e. The van der Waals surface area contributed by atoms with E-state index in [9.17, 15) is 4.79 Å². The quantitative estimate of drug-likeness (QED) is 0.669. The van der Waals surface area contributed by atoms with Gasteiger partial charge in [0.15, 0.2) is 5.75 Å². The van der Waals surface area contributed by atoms with Crippen LogP contribution in [0.2, 0.25) is 0 Å². The lowest BCUT2D eigenvalue weighted by Gasteiger charge is -1.94. The monoisotopic (exact) mass is 178 g/mol. The van der Waals surface area contributed by atoms with Gasteiger partial charge in [-0.25, -0.2) is 0 Å². The SMILES string of the molecule is O=c1sc2ccccc2cc1O. The second-order valence-electron chi connectivity index (χ2n) is 2.46. The molecule has 0 bridgehead atoms. The van der Waals surface area contributed by atoms with Crippen molar-refractivity contribution in [1.82, 2.24) is 0 Å². The van der Waals surface area contributed by atoms with E-state index in [1.54, 1.807) is 0 Å². The first kappa shape index (κ1) is 7.31. The number of hydrogen-bond acceptors (Lipinski definition) is 3. The zero-order valence-corrected chi connectivity index (χ0v) is 6.97. The summed E-state index contributed by atoms with van der Waals surface area (Å²) in [6, 6.07) is 8.97. The van der Waals surface area contributed by atoms with Crippen LogP contribution in [-0.2, 0) is 0 Å². The van der Waals surface area contributed by atoms with Gasteiger partial charge in [0.2, 0.25) is 0 Å². The van der Waals surface area contributed by atoms with Gasteiger partial charge >= 0.3 is 0 Å². The molecule has 0 amide bonds. The molecule has 0 atom stereocenters. The van der Waals surface area contributed by atoms with Crippen molar-refractivity contribution >= 4 is 21.4 Å². The normalized spacial score (nSPS) is 10.3. The molecule has 2 nitrogen and oxygen atoms in total. The maximum Gasteiger partial charge on any atom is 0.274 e. The van der Waals surface area contributed by atoms with Gasteiger partial charge in [-0.05, 0) is 17.5 Å². The lowest BCUT2D eigenvalue weighted by molar-refractivity contribution is 0.473. The van der Waals surface area contributed by atoms with Crippen molar-refractivity contribution in [3.05, 3.63) is 39.9 Å². The van der Waals surface area contributed by atoms with Crippen LogP contribution in [-0.4, -0.2) is 5.11 Å². The van der Waals surface area contributed by atoms with Gasteiger partial charge in [-0.2, -0.15) is 0 Å². The number of benzene rings is 1. The summed E-state index contributed by atoms with van der Waals surface area (Å²) in [4.78, 5) is 11.0. The average molecular weight is 178 g/mol. The molecule has 0 aliphatic rings. The summed E-state index contributed by atoms with van der Waals surface area (Å²) < 4.78 is 0.619. The number of aromatic hydroxyl groups is 1. The van der Waals surface area contributed by atoms with Crippen molar-refractivity contribution in [2.75, 3.05) is 0 Å². The Morgan fingerprint density at radius 1 is 1.25 bits per heavy atom. The number of hydrogen-bond donors (Lipinski definition) is 1. The van der Waals surface area contributed by atoms with Crippen molar-refractivity contribution in [2.45, 2.75) is 0 Å². The van der Waals surface area contributed by atoms with Gasteiger partial charge in [0.1, 0.15) is 0 Å². The molecule has 0 spiro atoms. The minimum atomic E-state index is -0.284. The highest BCUT2D eigenvalue weighted by Gasteiger charge is 1.99. The lowest BCUT2D eigenvalue weighted by atomic mass is 10.2. The summed E-state index contributed by atoms with van der Waals surface area (Å²) in [7, 11) is 0. The predicted molar refractivity (Wildman–Crippen MR) is 49.8 cm³/mol. The van der Waals surface area contributed by atoms with Crippen LogP contribution in [0, 0.1) is 0 Å². The highest BCUT2D eigenvalue weighted by atomic mass is 32.1. The second-order valence-corrected chi connectivity index (χ2v) is 3.47. The van der Waals surface area contributed by atoms with E-state index in [0.29, 0.717) is 0 Å². The van der Waals surface area contributed by atoms with Gasteiger partial charge in [-0.15, -0.1) is 0 Å². The minimum absolute atomic E-state index is 0.168. The fraction of sp³-hybridized carbons (Fsp3) is 0. The summed E-state index contributed by atoms with van der Waals surface area (Å²) in [5.41, 5.74) is 0. The highest BCUT2D eigenvalue weighted by Crippen LogP contribution is 2.18. The van der Waals surface area contributed by atoms with E-state index < -0.39 is 0 Å². The third kappa shape index (κ3) is 1.08. The van der Waals surface area contributed by atoms with Crippen molar-refractivity contribution < 1.29 is 5.11 Å². The molecule has 3 heteroatoms. The van der Waals surface area contributed by atoms with Crippen LogP contribution in [0.15, 0.2) is 35.1 Å². The third-order valence-corrected chi connectivity index (χ3v) is 2.61. The van der Waals surface area contributed by atoms with E-state index in [2.05, 4.69) is 0 Å². The zero-order chi connectivity index (χ0) is 8.55. The Labute approximate surface area is 72.7 Å². The van der Waals surface area contributed by atoms with Gasteiger partial charge in [-0.3, -0.25) is 4.79 Å². The first-order valence-corrected chi connectivity index (χ1v) is 4.31. The molecule has 2 aromatic rings. The fourth-order valence-electron chi connectivity index (χ4n) is 1.05. The van der Waals surface area contributed by atoms with Crippen LogP contribution in [0.3, 0.4) is 0 Å². The van der Waals surface area contributed by atoms with Crippen molar-refractivity contribution in [3.8, 4) is 5.75 Å². The largest absolute Gasteiger partial charge is 0.504 e.